The Labute approximate surface area is 186 Å². The zero-order valence-electron chi connectivity index (χ0n) is 18.3. The molecule has 1 N–H and O–H groups in total. The van der Waals surface area contributed by atoms with Gasteiger partial charge in [-0.2, -0.15) is 0 Å². The van der Waals surface area contributed by atoms with E-state index in [4.69, 9.17) is 13.9 Å². The molecule has 1 aliphatic heterocycles. The molecule has 3 aromatic carbocycles. The molecule has 1 aromatic heterocycles. The highest BCUT2D eigenvalue weighted by atomic mass is 16.6. The summed E-state index contributed by atoms with van der Waals surface area (Å²) in [5, 5.41) is 2.91. The first-order valence-corrected chi connectivity index (χ1v) is 10.6. The molecule has 6 heteroatoms. The van der Waals surface area contributed by atoms with Crippen molar-refractivity contribution in [3.63, 3.8) is 0 Å². The maximum Gasteiger partial charge on any atom is 0.255 e. The van der Waals surface area contributed by atoms with Crippen LogP contribution >= 0.6 is 0 Å². The Balaban J connectivity index is 1.36. The third-order valence-electron chi connectivity index (χ3n) is 5.45. The molecule has 0 aliphatic carbocycles. The van der Waals surface area contributed by atoms with Crippen LogP contribution in [0.15, 0.2) is 65.1 Å². The van der Waals surface area contributed by atoms with Crippen LogP contribution in [0.3, 0.4) is 0 Å². The van der Waals surface area contributed by atoms with E-state index in [0.29, 0.717) is 53.0 Å². The molecule has 5 rings (SSSR count). The first kappa shape index (κ1) is 20.1. The number of rotatable bonds is 3. The van der Waals surface area contributed by atoms with Crippen LogP contribution in [0, 0.1) is 0 Å². The third-order valence-corrected chi connectivity index (χ3v) is 5.45. The maximum atomic E-state index is 12.7. The molecule has 6 nitrogen and oxygen atoms in total. The molecular weight excluding hydrogens is 404 g/mol. The van der Waals surface area contributed by atoms with Crippen molar-refractivity contribution in [3.05, 3.63) is 71.8 Å². The van der Waals surface area contributed by atoms with Crippen LogP contribution in [0.5, 0.6) is 11.5 Å². The fourth-order valence-corrected chi connectivity index (χ4v) is 3.63. The van der Waals surface area contributed by atoms with E-state index in [1.165, 1.54) is 5.56 Å². The van der Waals surface area contributed by atoms with Gasteiger partial charge in [-0.3, -0.25) is 4.79 Å². The Morgan fingerprint density at radius 2 is 1.66 bits per heavy atom. The van der Waals surface area contributed by atoms with Gasteiger partial charge in [-0.05, 0) is 59.5 Å². The Kier molecular flexibility index (Phi) is 4.85. The van der Waals surface area contributed by atoms with Gasteiger partial charge in [-0.1, -0.05) is 32.9 Å². The van der Waals surface area contributed by atoms with Gasteiger partial charge in [0.2, 0.25) is 5.89 Å². The van der Waals surface area contributed by atoms with Crippen molar-refractivity contribution in [3.8, 4) is 23.0 Å². The summed E-state index contributed by atoms with van der Waals surface area (Å²) < 4.78 is 17.0. The van der Waals surface area contributed by atoms with Gasteiger partial charge in [-0.15, -0.1) is 0 Å². The second kappa shape index (κ2) is 7.71. The Morgan fingerprint density at radius 3 is 2.41 bits per heavy atom. The van der Waals surface area contributed by atoms with Crippen LogP contribution in [0.1, 0.15) is 36.7 Å². The van der Waals surface area contributed by atoms with E-state index in [2.05, 4.69) is 43.2 Å². The molecule has 32 heavy (non-hydrogen) atoms. The number of amides is 1. The molecule has 0 atom stereocenters. The van der Waals surface area contributed by atoms with Crippen LogP contribution in [-0.4, -0.2) is 24.1 Å². The van der Waals surface area contributed by atoms with E-state index in [9.17, 15) is 4.79 Å². The van der Waals surface area contributed by atoms with Gasteiger partial charge in [0.1, 0.15) is 18.7 Å². The molecule has 0 fully saturated rings. The second-order valence-electron chi connectivity index (χ2n) is 8.84. The lowest BCUT2D eigenvalue weighted by atomic mass is 9.87. The van der Waals surface area contributed by atoms with E-state index in [1.54, 1.807) is 24.3 Å². The fourth-order valence-electron chi connectivity index (χ4n) is 3.63. The Bertz CT molecular complexity index is 1300. The Morgan fingerprint density at radius 1 is 0.906 bits per heavy atom. The number of fused-ring (bicyclic) bond motifs is 2. The maximum absolute atomic E-state index is 12.7. The number of benzene rings is 3. The average Bonchev–Trinajstić information content (AvgIpc) is 3.22. The van der Waals surface area contributed by atoms with Gasteiger partial charge in [0.15, 0.2) is 17.1 Å². The highest BCUT2D eigenvalue weighted by Crippen LogP contribution is 2.32. The number of hydrogen-bond acceptors (Lipinski definition) is 5. The van der Waals surface area contributed by atoms with Crippen LogP contribution in [0.4, 0.5) is 5.69 Å². The summed E-state index contributed by atoms with van der Waals surface area (Å²) in [6, 6.07) is 18.8. The minimum absolute atomic E-state index is 0.0874. The van der Waals surface area contributed by atoms with Gasteiger partial charge in [-0.25, -0.2) is 4.98 Å². The van der Waals surface area contributed by atoms with Crippen LogP contribution in [0.2, 0.25) is 0 Å². The smallest absolute Gasteiger partial charge is 0.255 e. The first-order chi connectivity index (χ1) is 15.4. The summed E-state index contributed by atoms with van der Waals surface area (Å²) in [6.07, 6.45) is 0. The molecular formula is C26H24N2O4. The molecule has 1 amide bonds. The van der Waals surface area contributed by atoms with Crippen molar-refractivity contribution in [2.75, 3.05) is 18.5 Å². The van der Waals surface area contributed by atoms with Crippen molar-refractivity contribution in [1.82, 2.24) is 4.98 Å². The zero-order chi connectivity index (χ0) is 22.3. The lowest BCUT2D eigenvalue weighted by Crippen LogP contribution is -2.17. The summed E-state index contributed by atoms with van der Waals surface area (Å²) in [5.74, 6) is 1.55. The number of carbonyl (C=O) groups excluding carboxylic acids is 1. The number of anilines is 1. The van der Waals surface area contributed by atoms with Crippen LogP contribution < -0.4 is 14.8 Å². The summed E-state index contributed by atoms with van der Waals surface area (Å²) >= 11 is 0. The minimum atomic E-state index is -0.234. The standard InChI is InChI=1S/C26H24N2O4/c1-26(2,3)18-7-4-16(5-8-18)25-28-20-15-19(9-11-21(20)32-25)27-24(29)17-6-10-22-23(14-17)31-13-12-30-22/h4-11,14-15H,12-13H2,1-3H3,(H,27,29). The van der Waals surface area contributed by atoms with E-state index in [1.807, 2.05) is 24.3 Å². The summed E-state index contributed by atoms with van der Waals surface area (Å²) in [4.78, 5) is 17.3. The van der Waals surface area contributed by atoms with E-state index in [0.717, 1.165) is 5.56 Å². The minimum Gasteiger partial charge on any atom is -0.486 e. The predicted molar refractivity (Wildman–Crippen MR) is 124 cm³/mol. The molecule has 4 aromatic rings. The SMILES string of the molecule is CC(C)(C)c1ccc(-c2nc3cc(NC(=O)c4ccc5c(c4)OCCO5)ccc3o2)cc1. The van der Waals surface area contributed by atoms with Gasteiger partial charge < -0.3 is 19.2 Å². The average molecular weight is 428 g/mol. The molecule has 2 heterocycles. The zero-order valence-corrected chi connectivity index (χ0v) is 18.3. The van der Waals surface area contributed by atoms with E-state index in [-0.39, 0.29) is 11.3 Å². The number of nitrogens with one attached hydrogen (secondary N) is 1. The molecule has 1 aliphatic rings. The normalized spacial score (nSPS) is 13.2. The molecule has 0 bridgehead atoms. The molecule has 0 unspecified atom stereocenters. The second-order valence-corrected chi connectivity index (χ2v) is 8.84. The third kappa shape index (κ3) is 3.91. The first-order valence-electron chi connectivity index (χ1n) is 10.6. The number of carbonyl (C=O) groups is 1. The molecule has 0 radical (unpaired) electrons. The number of nitrogens with zero attached hydrogens (tertiary/aromatic N) is 1. The van der Waals surface area contributed by atoms with Crippen LogP contribution in [-0.2, 0) is 5.41 Å². The number of aromatic nitrogens is 1. The van der Waals surface area contributed by atoms with Crippen molar-refractivity contribution in [2.45, 2.75) is 26.2 Å². The molecule has 0 spiro atoms. The summed E-state index contributed by atoms with van der Waals surface area (Å²) in [5.41, 5.74) is 4.73. The van der Waals surface area contributed by atoms with Crippen molar-refractivity contribution >= 4 is 22.7 Å². The van der Waals surface area contributed by atoms with Crippen molar-refractivity contribution < 1.29 is 18.7 Å². The predicted octanol–water partition coefficient (Wildman–Crippen LogP) is 5.82. The fraction of sp³-hybridized carbons (Fsp3) is 0.231. The topological polar surface area (TPSA) is 73.6 Å². The monoisotopic (exact) mass is 428 g/mol. The molecule has 0 saturated heterocycles. The lowest BCUT2D eigenvalue weighted by Gasteiger charge is -2.18. The van der Waals surface area contributed by atoms with Gasteiger partial charge in [0.25, 0.3) is 5.91 Å². The number of hydrogen-bond donors (Lipinski definition) is 1. The quantitative estimate of drug-likeness (QED) is 0.445. The number of oxazole rings is 1. The number of ether oxygens (including phenoxy) is 2. The van der Waals surface area contributed by atoms with Gasteiger partial charge in [0.05, 0.1) is 0 Å². The highest BCUT2D eigenvalue weighted by molar-refractivity contribution is 6.05. The lowest BCUT2D eigenvalue weighted by molar-refractivity contribution is 0.102. The summed E-state index contributed by atoms with van der Waals surface area (Å²) in [7, 11) is 0. The van der Waals surface area contributed by atoms with Gasteiger partial charge >= 0.3 is 0 Å². The van der Waals surface area contributed by atoms with Crippen molar-refractivity contribution in [2.24, 2.45) is 0 Å². The van der Waals surface area contributed by atoms with Crippen molar-refractivity contribution in [1.29, 1.82) is 0 Å². The molecule has 0 saturated carbocycles. The van der Waals surface area contributed by atoms with E-state index >= 15 is 0 Å². The largest absolute Gasteiger partial charge is 0.486 e. The highest BCUT2D eigenvalue weighted by Gasteiger charge is 2.17. The Hall–Kier alpha value is -3.80. The van der Waals surface area contributed by atoms with Gasteiger partial charge in [0, 0.05) is 16.8 Å². The van der Waals surface area contributed by atoms with E-state index < -0.39 is 0 Å². The molecule has 162 valence electrons. The summed E-state index contributed by atoms with van der Waals surface area (Å²) in [6.45, 7) is 7.54. The van der Waals surface area contributed by atoms with Crippen LogP contribution in [0.25, 0.3) is 22.6 Å².